The van der Waals surface area contributed by atoms with Gasteiger partial charge in [0.1, 0.15) is 5.54 Å². The maximum absolute atomic E-state index is 14.8. The molecule has 5 unspecified atom stereocenters. The van der Waals surface area contributed by atoms with E-state index in [0.717, 1.165) is 24.6 Å². The molecule has 5 atom stereocenters. The minimum Gasteiger partial charge on any atom is -0.479 e. The molecule has 6 aliphatic rings. The molecule has 2 aliphatic heterocycles. The van der Waals surface area contributed by atoms with Crippen LogP contribution >= 0.6 is 0 Å². The minimum atomic E-state index is -5.02. The number of carboxylic acid groups (broad SMARTS) is 1. The summed E-state index contributed by atoms with van der Waals surface area (Å²) in [6, 6.07) is 14.3. The topological polar surface area (TPSA) is 125 Å². The molecule has 13 heteroatoms. The highest BCUT2D eigenvalue weighted by Crippen LogP contribution is 2.56. The average Bonchev–Trinajstić information content (AvgIpc) is 3.27. The van der Waals surface area contributed by atoms with Crippen molar-refractivity contribution >= 4 is 35.1 Å². The molecular weight excluding hydrogens is 663 g/mol. The molecule has 3 heterocycles. The van der Waals surface area contributed by atoms with Crippen LogP contribution in [-0.4, -0.2) is 65.2 Å². The molecule has 0 radical (unpaired) electrons. The number of hydrogen-bond donors (Lipinski definition) is 2. The lowest BCUT2D eigenvalue weighted by Crippen LogP contribution is -2.66. The van der Waals surface area contributed by atoms with E-state index in [2.05, 4.69) is 15.3 Å². The van der Waals surface area contributed by atoms with Gasteiger partial charge < -0.3 is 25.0 Å². The fraction of sp³-hybridized carbons (Fsp3) is 0.500. The number of hydrogen-bond acceptors (Lipinski definition) is 7. The molecule has 9 rings (SSSR count). The number of alkyl halides is 3. The SMILES string of the molecule is CN(C(=O)c1ccccc1)c1ccc2c(c1)C1(CCOCC1)CN2c1ncc(C(=O)NC2(C(=O)O)C3CCC4CC(C3)CC2C4)c(C(F)(F)F)n1. The van der Waals surface area contributed by atoms with Gasteiger partial charge in [0.25, 0.3) is 11.8 Å². The van der Waals surface area contributed by atoms with Crippen LogP contribution in [0.2, 0.25) is 0 Å². The zero-order valence-corrected chi connectivity index (χ0v) is 28.3. The van der Waals surface area contributed by atoms with Crippen molar-refractivity contribution in [1.82, 2.24) is 15.3 Å². The lowest BCUT2D eigenvalue weighted by molar-refractivity contribution is -0.154. The molecule has 1 saturated heterocycles. The Morgan fingerprint density at radius 1 is 0.980 bits per heavy atom. The lowest BCUT2D eigenvalue weighted by Gasteiger charge is -2.50. The highest BCUT2D eigenvalue weighted by Gasteiger charge is 2.60. The molecule has 10 nitrogen and oxygen atoms in total. The van der Waals surface area contributed by atoms with Crippen molar-refractivity contribution in [3.8, 4) is 0 Å². The summed E-state index contributed by atoms with van der Waals surface area (Å²) >= 11 is 0. The highest BCUT2D eigenvalue weighted by atomic mass is 19.4. The van der Waals surface area contributed by atoms with E-state index in [9.17, 15) is 32.7 Å². The van der Waals surface area contributed by atoms with Crippen molar-refractivity contribution in [3.05, 3.63) is 77.1 Å². The summed E-state index contributed by atoms with van der Waals surface area (Å²) in [6.45, 7) is 1.19. The average molecular weight is 704 g/mol. The van der Waals surface area contributed by atoms with Crippen LogP contribution in [0.3, 0.4) is 0 Å². The smallest absolute Gasteiger partial charge is 0.434 e. The van der Waals surface area contributed by atoms with E-state index in [1.807, 2.05) is 12.1 Å². The first-order valence-electron chi connectivity index (χ1n) is 17.7. The van der Waals surface area contributed by atoms with Crippen molar-refractivity contribution in [3.63, 3.8) is 0 Å². The Morgan fingerprint density at radius 3 is 2.43 bits per heavy atom. The third-order valence-electron chi connectivity index (χ3n) is 12.4. The summed E-state index contributed by atoms with van der Waals surface area (Å²) in [7, 11) is 1.68. The van der Waals surface area contributed by atoms with Crippen LogP contribution in [0.4, 0.5) is 30.5 Å². The number of anilines is 3. The largest absolute Gasteiger partial charge is 0.479 e. The standard InChI is InChI=1S/C38H40F3N5O5/c1-45(33(48)24-5-3-2-4-6-24)27-9-10-30-29(19-27)36(11-13-51-14-12-36)21-46(30)35-42-20-28(31(43-35)38(39,40)41)32(47)44-37(34(49)50)25-8-7-22-15-23(17-25)18-26(37)16-22/h2-6,9-10,19-20,22-23,25-26H,7-8,11-18,21H2,1H3,(H,44,47)(H,49,50). The Bertz CT molecular complexity index is 1870. The Kier molecular flexibility index (Phi) is 8.12. The number of rotatable bonds is 6. The molecule has 4 aliphatic carbocycles. The Balaban J connectivity index is 1.14. The number of ether oxygens (including phenoxy) is 1. The van der Waals surface area contributed by atoms with E-state index in [0.29, 0.717) is 80.5 Å². The number of amides is 2. The lowest BCUT2D eigenvalue weighted by atomic mass is 9.58. The number of aromatic nitrogens is 2. The van der Waals surface area contributed by atoms with Crippen LogP contribution in [-0.2, 0) is 21.1 Å². The molecule has 4 saturated carbocycles. The van der Waals surface area contributed by atoms with Crippen molar-refractivity contribution < 1.29 is 37.4 Å². The first-order chi connectivity index (χ1) is 24.4. The number of fused-ring (bicyclic) bond motifs is 3. The number of carbonyl (C=O) groups excluding carboxylic acids is 2. The number of carbonyl (C=O) groups is 3. The number of nitrogens with one attached hydrogen (secondary N) is 1. The van der Waals surface area contributed by atoms with E-state index in [1.165, 1.54) is 0 Å². The van der Waals surface area contributed by atoms with E-state index < -0.39 is 40.3 Å². The van der Waals surface area contributed by atoms with Gasteiger partial charge in [-0.2, -0.15) is 13.2 Å². The summed E-state index contributed by atoms with van der Waals surface area (Å²) in [5.41, 5.74) is -1.72. The van der Waals surface area contributed by atoms with Crippen LogP contribution < -0.4 is 15.1 Å². The van der Waals surface area contributed by atoms with Gasteiger partial charge in [-0.15, -0.1) is 0 Å². The first kappa shape index (κ1) is 33.6. The van der Waals surface area contributed by atoms with Crippen molar-refractivity contribution in [2.75, 3.05) is 36.6 Å². The predicted molar refractivity (Wildman–Crippen MR) is 181 cm³/mol. The van der Waals surface area contributed by atoms with E-state index in [4.69, 9.17) is 4.74 Å². The molecule has 2 N–H and O–H groups in total. The number of benzene rings is 2. The van der Waals surface area contributed by atoms with Gasteiger partial charge in [0.05, 0.1) is 5.56 Å². The maximum atomic E-state index is 14.8. The maximum Gasteiger partial charge on any atom is 0.434 e. The molecule has 2 aromatic carbocycles. The monoisotopic (exact) mass is 703 g/mol. The third-order valence-corrected chi connectivity index (χ3v) is 12.4. The second-order valence-electron chi connectivity index (χ2n) is 15.1. The van der Waals surface area contributed by atoms with Crippen LogP contribution in [0.25, 0.3) is 0 Å². The fourth-order valence-corrected chi connectivity index (χ4v) is 9.94. The van der Waals surface area contributed by atoms with Gasteiger partial charge in [0.15, 0.2) is 5.69 Å². The fourth-order valence-electron chi connectivity index (χ4n) is 9.94. The third kappa shape index (κ3) is 5.55. The van der Waals surface area contributed by atoms with E-state index in [1.54, 1.807) is 53.2 Å². The number of aliphatic carboxylic acids is 1. The van der Waals surface area contributed by atoms with Crippen LogP contribution in [0.15, 0.2) is 54.7 Å². The number of halogens is 3. The van der Waals surface area contributed by atoms with Gasteiger partial charge in [0.2, 0.25) is 5.95 Å². The van der Waals surface area contributed by atoms with Gasteiger partial charge >= 0.3 is 12.1 Å². The second-order valence-corrected chi connectivity index (χ2v) is 15.1. The predicted octanol–water partition coefficient (Wildman–Crippen LogP) is 6.37. The Morgan fingerprint density at radius 2 is 1.71 bits per heavy atom. The van der Waals surface area contributed by atoms with Crippen molar-refractivity contribution in [2.45, 2.75) is 68.5 Å². The van der Waals surface area contributed by atoms with Gasteiger partial charge in [-0.3, -0.25) is 9.59 Å². The summed E-state index contributed by atoms with van der Waals surface area (Å²) in [5.74, 6) is -2.69. The Labute approximate surface area is 293 Å². The summed E-state index contributed by atoms with van der Waals surface area (Å²) in [5, 5.41) is 13.2. The quantitative estimate of drug-likeness (QED) is 0.304. The van der Waals surface area contributed by atoms with Gasteiger partial charge in [0, 0.05) is 55.4 Å². The summed E-state index contributed by atoms with van der Waals surface area (Å²) < 4.78 is 50.1. The molecule has 51 heavy (non-hydrogen) atoms. The van der Waals surface area contributed by atoms with Gasteiger partial charge in [-0.05, 0) is 105 Å². The minimum absolute atomic E-state index is 0.201. The highest BCUT2D eigenvalue weighted by molar-refractivity contribution is 6.06. The molecule has 1 aromatic heterocycles. The first-order valence-corrected chi connectivity index (χ1v) is 17.7. The molecule has 2 amide bonds. The number of nitrogens with zero attached hydrogens (tertiary/aromatic N) is 4. The van der Waals surface area contributed by atoms with Crippen molar-refractivity contribution in [1.29, 1.82) is 0 Å². The number of carboxylic acids is 1. The zero-order valence-electron chi connectivity index (χ0n) is 28.3. The summed E-state index contributed by atoms with van der Waals surface area (Å²) in [4.78, 5) is 51.6. The zero-order chi connectivity index (χ0) is 35.7. The second kappa shape index (κ2) is 12.3. The van der Waals surface area contributed by atoms with Crippen LogP contribution in [0.5, 0.6) is 0 Å². The molecular formula is C38H40F3N5O5. The molecule has 268 valence electrons. The van der Waals surface area contributed by atoms with Gasteiger partial charge in [-0.25, -0.2) is 14.8 Å². The van der Waals surface area contributed by atoms with E-state index >= 15 is 0 Å². The van der Waals surface area contributed by atoms with Crippen LogP contribution in [0.1, 0.15) is 83.3 Å². The molecule has 3 aromatic rings. The molecule has 1 spiro atoms. The van der Waals surface area contributed by atoms with Crippen molar-refractivity contribution in [2.24, 2.45) is 23.7 Å². The van der Waals surface area contributed by atoms with Gasteiger partial charge in [-0.1, -0.05) is 24.6 Å². The van der Waals surface area contributed by atoms with E-state index in [-0.39, 0.29) is 30.2 Å². The molecule has 4 bridgehead atoms. The normalized spacial score (nSPS) is 27.6. The molecule has 5 fully saturated rings. The van der Waals surface area contributed by atoms with Crippen LogP contribution in [0, 0.1) is 23.7 Å². The Hall–Kier alpha value is -4.52. The summed E-state index contributed by atoms with van der Waals surface area (Å²) in [6.07, 6.45) is 1.50.